The molecule has 2 saturated carbocycles. The molecule has 6 nitrogen and oxygen atoms in total. The molecule has 22 heavy (non-hydrogen) atoms. The largest absolute Gasteiger partial charge is 0.269 e. The molecule has 0 radical (unpaired) electrons. The first kappa shape index (κ1) is 15.4. The third kappa shape index (κ3) is 2.87. The molecular weight excluding hydrogens is 304 g/mol. The van der Waals surface area contributed by atoms with Gasteiger partial charge in [0, 0.05) is 18.2 Å². The highest BCUT2D eigenvalue weighted by Crippen LogP contribution is 2.49. The third-order valence-corrected chi connectivity index (χ3v) is 6.71. The van der Waals surface area contributed by atoms with Crippen LogP contribution in [0.25, 0.3) is 0 Å². The fourth-order valence-corrected chi connectivity index (χ4v) is 5.35. The number of nitro groups is 1. The standard InChI is InChI=1S/C15H20N2O4S/c1-10(15-9-11-2-3-12(15)8-11)16-22(20,21)14-6-4-13(5-7-14)17(18)19/h4-7,10-12,15-16H,2-3,8-9H2,1H3. The Bertz CT molecular complexity index is 671. The van der Waals surface area contributed by atoms with Crippen molar-refractivity contribution in [2.45, 2.75) is 43.5 Å². The summed E-state index contributed by atoms with van der Waals surface area (Å²) in [5, 5.41) is 10.6. The summed E-state index contributed by atoms with van der Waals surface area (Å²) in [5.41, 5.74) is -0.111. The fraction of sp³-hybridized carbons (Fsp3) is 0.600. The molecule has 1 N–H and O–H groups in total. The van der Waals surface area contributed by atoms with Crippen molar-refractivity contribution in [2.24, 2.45) is 17.8 Å². The summed E-state index contributed by atoms with van der Waals surface area (Å²) < 4.78 is 27.6. The third-order valence-electron chi connectivity index (χ3n) is 5.13. The zero-order valence-electron chi connectivity index (χ0n) is 12.4. The van der Waals surface area contributed by atoms with E-state index in [1.54, 1.807) is 0 Å². The van der Waals surface area contributed by atoms with Crippen LogP contribution in [0.1, 0.15) is 32.6 Å². The number of sulfonamides is 1. The molecule has 0 amide bonds. The second-order valence-corrected chi connectivity index (χ2v) is 8.21. The zero-order chi connectivity index (χ0) is 15.9. The highest BCUT2D eigenvalue weighted by atomic mass is 32.2. The minimum atomic E-state index is -3.63. The van der Waals surface area contributed by atoms with Gasteiger partial charge in [-0.25, -0.2) is 13.1 Å². The molecule has 0 spiro atoms. The lowest BCUT2D eigenvalue weighted by Crippen LogP contribution is -2.40. The summed E-state index contributed by atoms with van der Waals surface area (Å²) in [4.78, 5) is 10.2. The van der Waals surface area contributed by atoms with E-state index in [1.165, 1.54) is 43.5 Å². The van der Waals surface area contributed by atoms with Crippen LogP contribution in [0.15, 0.2) is 29.2 Å². The molecule has 2 aliphatic carbocycles. The Morgan fingerprint density at radius 2 is 1.91 bits per heavy atom. The summed E-state index contributed by atoms with van der Waals surface area (Å²) in [5.74, 6) is 1.81. The summed E-state index contributed by atoms with van der Waals surface area (Å²) >= 11 is 0. The first-order valence-electron chi connectivity index (χ1n) is 7.63. The summed E-state index contributed by atoms with van der Waals surface area (Å²) in [7, 11) is -3.63. The highest BCUT2D eigenvalue weighted by Gasteiger charge is 2.42. The molecule has 0 aliphatic heterocycles. The number of non-ortho nitro benzene ring substituents is 1. The van der Waals surface area contributed by atoms with Gasteiger partial charge in [-0.1, -0.05) is 6.42 Å². The maximum Gasteiger partial charge on any atom is 0.269 e. The molecule has 0 aromatic heterocycles. The molecule has 2 fully saturated rings. The van der Waals surface area contributed by atoms with E-state index in [1.807, 2.05) is 6.92 Å². The Hall–Kier alpha value is -1.47. The number of nitrogens with one attached hydrogen (secondary N) is 1. The summed E-state index contributed by atoms with van der Waals surface area (Å²) in [6, 6.07) is 4.91. The smallest absolute Gasteiger partial charge is 0.258 e. The van der Waals surface area contributed by atoms with Crippen LogP contribution < -0.4 is 4.72 Å². The van der Waals surface area contributed by atoms with E-state index in [0.717, 1.165) is 12.3 Å². The number of hydrogen-bond donors (Lipinski definition) is 1. The summed E-state index contributed by atoms with van der Waals surface area (Å²) in [6.07, 6.45) is 4.82. The van der Waals surface area contributed by atoms with Crippen molar-refractivity contribution in [1.82, 2.24) is 4.72 Å². The maximum atomic E-state index is 12.4. The number of benzene rings is 1. The van der Waals surface area contributed by atoms with Gasteiger partial charge in [0.15, 0.2) is 0 Å². The van der Waals surface area contributed by atoms with E-state index >= 15 is 0 Å². The van der Waals surface area contributed by atoms with E-state index in [2.05, 4.69) is 4.72 Å². The molecule has 2 aliphatic rings. The molecule has 120 valence electrons. The fourth-order valence-electron chi connectivity index (χ4n) is 4.05. The van der Waals surface area contributed by atoms with Gasteiger partial charge in [-0.3, -0.25) is 10.1 Å². The highest BCUT2D eigenvalue weighted by molar-refractivity contribution is 7.89. The van der Waals surface area contributed by atoms with E-state index < -0.39 is 14.9 Å². The number of fused-ring (bicyclic) bond motifs is 2. The normalized spacial score (nSPS) is 28.7. The van der Waals surface area contributed by atoms with Crippen molar-refractivity contribution >= 4 is 15.7 Å². The number of hydrogen-bond acceptors (Lipinski definition) is 4. The van der Waals surface area contributed by atoms with Crippen molar-refractivity contribution in [2.75, 3.05) is 0 Å². The first-order chi connectivity index (χ1) is 10.4. The lowest BCUT2D eigenvalue weighted by atomic mass is 9.84. The van der Waals surface area contributed by atoms with Crippen LogP contribution in [-0.4, -0.2) is 19.4 Å². The predicted molar refractivity (Wildman–Crippen MR) is 81.8 cm³/mol. The molecule has 7 heteroatoms. The lowest BCUT2D eigenvalue weighted by molar-refractivity contribution is -0.384. The van der Waals surface area contributed by atoms with Gasteiger partial charge in [-0.2, -0.15) is 0 Å². The quantitative estimate of drug-likeness (QED) is 0.666. The Labute approximate surface area is 130 Å². The van der Waals surface area contributed by atoms with Gasteiger partial charge in [0.1, 0.15) is 0 Å². The summed E-state index contributed by atoms with van der Waals surface area (Å²) in [6.45, 7) is 1.92. The predicted octanol–water partition coefficient (Wildman–Crippen LogP) is 2.70. The Kier molecular flexibility index (Phi) is 3.94. The van der Waals surface area contributed by atoms with E-state index in [4.69, 9.17) is 0 Å². The first-order valence-corrected chi connectivity index (χ1v) is 9.12. The molecule has 2 bridgehead atoms. The van der Waals surface area contributed by atoms with Gasteiger partial charge >= 0.3 is 0 Å². The van der Waals surface area contributed by atoms with Crippen LogP contribution in [0.2, 0.25) is 0 Å². The van der Waals surface area contributed by atoms with Crippen LogP contribution in [0.4, 0.5) is 5.69 Å². The molecule has 1 aromatic rings. The van der Waals surface area contributed by atoms with Gasteiger partial charge in [-0.05, 0) is 56.1 Å². The van der Waals surface area contributed by atoms with Crippen LogP contribution in [0, 0.1) is 27.9 Å². The van der Waals surface area contributed by atoms with Gasteiger partial charge in [-0.15, -0.1) is 0 Å². The minimum absolute atomic E-state index is 0.0770. The maximum absolute atomic E-state index is 12.4. The van der Waals surface area contributed by atoms with Crippen LogP contribution in [0.5, 0.6) is 0 Å². The van der Waals surface area contributed by atoms with E-state index in [9.17, 15) is 18.5 Å². The molecule has 0 heterocycles. The van der Waals surface area contributed by atoms with E-state index in [-0.39, 0.29) is 16.6 Å². The Morgan fingerprint density at radius 3 is 2.41 bits per heavy atom. The molecule has 1 aromatic carbocycles. The number of rotatable bonds is 5. The molecule has 4 unspecified atom stereocenters. The average molecular weight is 324 g/mol. The van der Waals surface area contributed by atoms with Crippen LogP contribution in [-0.2, 0) is 10.0 Å². The topological polar surface area (TPSA) is 89.3 Å². The van der Waals surface area contributed by atoms with Crippen LogP contribution >= 0.6 is 0 Å². The van der Waals surface area contributed by atoms with Gasteiger partial charge < -0.3 is 0 Å². The Morgan fingerprint density at radius 1 is 1.23 bits per heavy atom. The van der Waals surface area contributed by atoms with Crippen LogP contribution in [0.3, 0.4) is 0 Å². The Balaban J connectivity index is 1.71. The van der Waals surface area contributed by atoms with Crippen molar-refractivity contribution in [1.29, 1.82) is 0 Å². The number of nitrogens with zero attached hydrogens (tertiary/aromatic N) is 1. The monoisotopic (exact) mass is 324 g/mol. The van der Waals surface area contributed by atoms with Crippen molar-refractivity contribution in [3.05, 3.63) is 34.4 Å². The second kappa shape index (κ2) is 5.62. The molecule has 3 rings (SSSR count). The lowest BCUT2D eigenvalue weighted by Gasteiger charge is -2.28. The SMILES string of the molecule is CC(NS(=O)(=O)c1ccc([N+](=O)[O-])cc1)C1CC2CCC1C2. The average Bonchev–Trinajstić information content (AvgIpc) is 3.09. The van der Waals surface area contributed by atoms with Crippen molar-refractivity contribution < 1.29 is 13.3 Å². The minimum Gasteiger partial charge on any atom is -0.258 e. The van der Waals surface area contributed by atoms with Crippen molar-refractivity contribution in [3.8, 4) is 0 Å². The molecule has 0 saturated heterocycles. The van der Waals surface area contributed by atoms with E-state index in [0.29, 0.717) is 11.8 Å². The molecular formula is C15H20N2O4S. The number of nitro benzene ring substituents is 1. The van der Waals surface area contributed by atoms with Crippen molar-refractivity contribution in [3.63, 3.8) is 0 Å². The van der Waals surface area contributed by atoms with Gasteiger partial charge in [0.05, 0.1) is 9.82 Å². The molecule has 4 atom stereocenters. The zero-order valence-corrected chi connectivity index (χ0v) is 13.3. The second-order valence-electron chi connectivity index (χ2n) is 6.50. The van der Waals surface area contributed by atoms with Gasteiger partial charge in [0.25, 0.3) is 5.69 Å². The van der Waals surface area contributed by atoms with Gasteiger partial charge in [0.2, 0.25) is 10.0 Å².